The molecule has 1 unspecified atom stereocenters. The Labute approximate surface area is 87.2 Å². The number of rotatable bonds is 1. The SMILES string of the molecule is CC1(C)[C@@H]2CCC(C2)[C@H]1CCl.[Be+2].[H-].[H-]. The fourth-order valence-electron chi connectivity index (χ4n) is 3.29. The van der Waals surface area contributed by atoms with E-state index in [1.54, 1.807) is 0 Å². The van der Waals surface area contributed by atoms with Gasteiger partial charge in [0.2, 0.25) is 0 Å². The number of hydrogen-bond acceptors (Lipinski definition) is 0. The first-order valence-corrected chi connectivity index (χ1v) is 5.25. The van der Waals surface area contributed by atoms with Crippen LogP contribution in [0.15, 0.2) is 0 Å². The van der Waals surface area contributed by atoms with Crippen LogP contribution >= 0.6 is 11.6 Å². The summed E-state index contributed by atoms with van der Waals surface area (Å²) in [6.07, 6.45) is 4.38. The van der Waals surface area contributed by atoms with E-state index in [-0.39, 0.29) is 13.0 Å². The van der Waals surface area contributed by atoms with Crippen LogP contribution in [0.5, 0.6) is 0 Å². The Balaban J connectivity index is 0. The van der Waals surface area contributed by atoms with E-state index in [0.717, 1.165) is 23.6 Å². The molecule has 0 spiro atoms. The smallest absolute Gasteiger partial charge is 1.00 e. The maximum absolute atomic E-state index is 5.99. The Morgan fingerprint density at radius 1 is 1.42 bits per heavy atom. The van der Waals surface area contributed by atoms with Crippen molar-refractivity contribution in [1.82, 2.24) is 0 Å². The fourth-order valence-corrected chi connectivity index (χ4v) is 3.94. The van der Waals surface area contributed by atoms with Crippen LogP contribution in [-0.4, -0.2) is 16.0 Å². The molecule has 0 aromatic heterocycles. The fraction of sp³-hybridized carbons (Fsp3) is 1.00. The number of fused-ring (bicyclic) bond motifs is 2. The summed E-state index contributed by atoms with van der Waals surface area (Å²) in [5.74, 6) is 3.64. The second-order valence-corrected chi connectivity index (χ2v) is 5.16. The van der Waals surface area contributed by atoms with Crippen LogP contribution in [0.2, 0.25) is 0 Å². The monoisotopic (exact) mass is 183 g/mol. The van der Waals surface area contributed by atoms with Gasteiger partial charge >= 0.3 is 10.1 Å². The van der Waals surface area contributed by atoms with Crippen LogP contribution in [-0.2, 0) is 0 Å². The van der Waals surface area contributed by atoms with Gasteiger partial charge in [0.25, 0.3) is 0 Å². The Morgan fingerprint density at radius 3 is 2.42 bits per heavy atom. The average molecular weight is 184 g/mol. The first kappa shape index (κ1) is 10.5. The molecule has 2 fully saturated rings. The van der Waals surface area contributed by atoms with Gasteiger partial charge in [-0.25, -0.2) is 0 Å². The third-order valence-electron chi connectivity index (χ3n) is 4.22. The van der Waals surface area contributed by atoms with Crippen molar-refractivity contribution in [3.63, 3.8) is 0 Å². The zero-order chi connectivity index (χ0) is 8.06. The van der Waals surface area contributed by atoms with E-state index < -0.39 is 0 Å². The van der Waals surface area contributed by atoms with Crippen molar-refractivity contribution in [2.75, 3.05) is 5.88 Å². The maximum atomic E-state index is 5.99. The van der Waals surface area contributed by atoms with E-state index in [0.29, 0.717) is 5.41 Å². The molecule has 0 N–H and O–H groups in total. The zero-order valence-corrected chi connectivity index (χ0v) is 8.90. The summed E-state index contributed by atoms with van der Waals surface area (Å²) in [4.78, 5) is 0. The summed E-state index contributed by atoms with van der Waals surface area (Å²) < 4.78 is 0. The molecule has 0 heterocycles. The van der Waals surface area contributed by atoms with Crippen LogP contribution in [0.1, 0.15) is 36.0 Å². The largest absolute Gasteiger partial charge is 2.00 e. The Kier molecular flexibility index (Phi) is 2.91. The standard InChI is InChI=1S/C10H17Cl.Be.2H/c1-10(2)8-4-3-7(5-8)9(10)6-11;;;/h7-9H,3-6H2,1-2H3;;;/q;+2;2*-1/t7?,8-,9-;;;/m1.../s1. The van der Waals surface area contributed by atoms with Gasteiger partial charge in [0, 0.05) is 5.88 Å². The molecule has 0 nitrogen and oxygen atoms in total. The van der Waals surface area contributed by atoms with Gasteiger partial charge < -0.3 is 2.85 Å². The molecule has 12 heavy (non-hydrogen) atoms. The van der Waals surface area contributed by atoms with Gasteiger partial charge in [-0.3, -0.25) is 0 Å². The summed E-state index contributed by atoms with van der Waals surface area (Å²) in [6, 6.07) is 0. The van der Waals surface area contributed by atoms with E-state index in [1.165, 1.54) is 19.3 Å². The van der Waals surface area contributed by atoms with Gasteiger partial charge in [0.1, 0.15) is 0 Å². The minimum Gasteiger partial charge on any atom is -1.00 e. The summed E-state index contributed by atoms with van der Waals surface area (Å²) in [5, 5.41) is 0. The van der Waals surface area contributed by atoms with Gasteiger partial charge in [-0.15, -0.1) is 11.6 Å². The number of alkyl halides is 1. The van der Waals surface area contributed by atoms with Gasteiger partial charge in [0.15, 0.2) is 0 Å². The molecule has 0 aromatic rings. The van der Waals surface area contributed by atoms with Crippen molar-refractivity contribution in [2.24, 2.45) is 23.2 Å². The summed E-state index contributed by atoms with van der Waals surface area (Å²) in [6.45, 7) is 4.81. The summed E-state index contributed by atoms with van der Waals surface area (Å²) >= 11 is 5.99. The molecule has 0 amide bonds. The average Bonchev–Trinajstić information content (AvgIpc) is 2.44. The summed E-state index contributed by atoms with van der Waals surface area (Å²) in [5.41, 5.74) is 0.546. The van der Waals surface area contributed by atoms with E-state index >= 15 is 0 Å². The second kappa shape index (κ2) is 3.31. The van der Waals surface area contributed by atoms with Gasteiger partial charge in [-0.05, 0) is 42.4 Å². The Morgan fingerprint density at radius 2 is 2.08 bits per heavy atom. The van der Waals surface area contributed by atoms with Crippen LogP contribution < -0.4 is 0 Å². The molecule has 2 saturated carbocycles. The molecular weight excluding hydrogens is 165 g/mol. The third kappa shape index (κ3) is 1.24. The zero-order valence-electron chi connectivity index (χ0n) is 10.1. The molecule has 2 aliphatic rings. The Bertz CT molecular complexity index is 176. The van der Waals surface area contributed by atoms with Crippen LogP contribution in [0.4, 0.5) is 0 Å². The predicted octanol–water partition coefficient (Wildman–Crippen LogP) is 3.14. The van der Waals surface area contributed by atoms with E-state index in [9.17, 15) is 0 Å². The molecule has 2 heteroatoms. The second-order valence-electron chi connectivity index (χ2n) is 4.85. The molecule has 0 radical (unpaired) electrons. The number of hydrogen-bond donors (Lipinski definition) is 0. The van der Waals surface area contributed by atoms with Crippen molar-refractivity contribution >= 4 is 21.7 Å². The minimum absolute atomic E-state index is 0. The molecule has 2 aliphatic carbocycles. The Hall–Kier alpha value is 0.459. The van der Waals surface area contributed by atoms with Crippen molar-refractivity contribution in [1.29, 1.82) is 0 Å². The third-order valence-corrected chi connectivity index (χ3v) is 4.55. The van der Waals surface area contributed by atoms with Crippen LogP contribution in [0, 0.1) is 23.2 Å². The normalized spacial score (nSPS) is 42.8. The molecule has 2 rings (SSSR count). The van der Waals surface area contributed by atoms with Crippen molar-refractivity contribution in [2.45, 2.75) is 33.1 Å². The maximum Gasteiger partial charge on any atom is 2.00 e. The van der Waals surface area contributed by atoms with Crippen molar-refractivity contribution in [3.8, 4) is 0 Å². The van der Waals surface area contributed by atoms with E-state index in [4.69, 9.17) is 11.6 Å². The quantitative estimate of drug-likeness (QED) is 0.433. The molecule has 3 atom stereocenters. The molecule has 0 saturated heterocycles. The number of halogens is 1. The topological polar surface area (TPSA) is 0 Å². The molecular formula is C10H19BeCl. The molecule has 2 bridgehead atoms. The van der Waals surface area contributed by atoms with Crippen LogP contribution in [0.3, 0.4) is 0 Å². The van der Waals surface area contributed by atoms with E-state index in [2.05, 4.69) is 13.8 Å². The first-order chi connectivity index (χ1) is 5.16. The minimum atomic E-state index is 0. The predicted molar refractivity (Wildman–Crippen MR) is 56.8 cm³/mol. The van der Waals surface area contributed by atoms with Crippen molar-refractivity contribution in [3.05, 3.63) is 0 Å². The molecule has 68 valence electrons. The van der Waals surface area contributed by atoms with Crippen LogP contribution in [0.25, 0.3) is 0 Å². The van der Waals surface area contributed by atoms with Crippen molar-refractivity contribution < 1.29 is 2.85 Å². The van der Waals surface area contributed by atoms with Gasteiger partial charge in [-0.1, -0.05) is 13.8 Å². The molecule has 0 aromatic carbocycles. The summed E-state index contributed by atoms with van der Waals surface area (Å²) in [7, 11) is 0. The first-order valence-electron chi connectivity index (χ1n) is 4.72. The van der Waals surface area contributed by atoms with Gasteiger partial charge in [0.05, 0.1) is 0 Å². The van der Waals surface area contributed by atoms with E-state index in [1.807, 2.05) is 0 Å². The van der Waals surface area contributed by atoms with Gasteiger partial charge in [-0.2, -0.15) is 0 Å². The molecule has 0 aliphatic heterocycles.